The molecule has 2 fully saturated rings. The molecule has 2 saturated heterocycles. The molecule has 0 radical (unpaired) electrons. The monoisotopic (exact) mass is 240 g/mol. The van der Waals surface area contributed by atoms with Crippen LogP contribution in [-0.2, 0) is 9.53 Å². The van der Waals surface area contributed by atoms with Gasteiger partial charge in [-0.25, -0.2) is 0 Å². The standard InChI is InChI=1S/C13H24N2O2/c1-9-4-6-14-12(9)13(16)15-7-5-11(17-3)8-10(15)2/h9-12,14H,4-8H2,1-3H3. The Kier molecular flexibility index (Phi) is 4.05. The number of nitrogens with one attached hydrogen (secondary N) is 1. The van der Waals surface area contributed by atoms with E-state index in [1.807, 2.05) is 4.90 Å². The summed E-state index contributed by atoms with van der Waals surface area (Å²) in [4.78, 5) is 14.5. The first-order valence-corrected chi connectivity index (χ1v) is 6.70. The number of carbonyl (C=O) groups excluding carboxylic acids is 1. The molecule has 0 aliphatic carbocycles. The first kappa shape index (κ1) is 12.8. The van der Waals surface area contributed by atoms with Gasteiger partial charge in [0, 0.05) is 19.7 Å². The van der Waals surface area contributed by atoms with Crippen molar-refractivity contribution >= 4 is 5.91 Å². The van der Waals surface area contributed by atoms with E-state index in [0.717, 1.165) is 32.4 Å². The third kappa shape index (κ3) is 2.63. The van der Waals surface area contributed by atoms with Crippen molar-refractivity contribution in [1.29, 1.82) is 0 Å². The molecule has 2 heterocycles. The molecular formula is C13H24N2O2. The van der Waals surface area contributed by atoms with Crippen molar-refractivity contribution < 1.29 is 9.53 Å². The molecule has 2 aliphatic heterocycles. The highest BCUT2D eigenvalue weighted by molar-refractivity contribution is 5.83. The second kappa shape index (κ2) is 5.36. The summed E-state index contributed by atoms with van der Waals surface area (Å²) in [6.07, 6.45) is 3.36. The molecule has 4 heteroatoms. The van der Waals surface area contributed by atoms with Gasteiger partial charge in [0.1, 0.15) is 0 Å². The number of rotatable bonds is 2. The molecule has 17 heavy (non-hydrogen) atoms. The van der Waals surface area contributed by atoms with Gasteiger partial charge in [0.2, 0.25) is 5.91 Å². The van der Waals surface area contributed by atoms with Crippen LogP contribution < -0.4 is 5.32 Å². The quantitative estimate of drug-likeness (QED) is 0.783. The summed E-state index contributed by atoms with van der Waals surface area (Å²) in [7, 11) is 1.76. The minimum Gasteiger partial charge on any atom is -0.381 e. The molecule has 0 aromatic rings. The van der Waals surface area contributed by atoms with Gasteiger partial charge in [-0.05, 0) is 38.6 Å². The summed E-state index contributed by atoms with van der Waals surface area (Å²) in [5, 5.41) is 3.33. The van der Waals surface area contributed by atoms with Crippen LogP contribution in [0.25, 0.3) is 0 Å². The van der Waals surface area contributed by atoms with Gasteiger partial charge in [-0.3, -0.25) is 4.79 Å². The average molecular weight is 240 g/mol. The van der Waals surface area contributed by atoms with Crippen LogP contribution in [-0.4, -0.2) is 49.2 Å². The molecule has 2 aliphatic rings. The van der Waals surface area contributed by atoms with Crippen molar-refractivity contribution in [2.24, 2.45) is 5.92 Å². The summed E-state index contributed by atoms with van der Waals surface area (Å²) < 4.78 is 5.38. The minimum absolute atomic E-state index is 0.0385. The highest BCUT2D eigenvalue weighted by Crippen LogP contribution is 2.23. The number of hydrogen-bond donors (Lipinski definition) is 1. The number of methoxy groups -OCH3 is 1. The van der Waals surface area contributed by atoms with E-state index in [4.69, 9.17) is 4.74 Å². The zero-order valence-corrected chi connectivity index (χ0v) is 11.1. The van der Waals surface area contributed by atoms with Gasteiger partial charge in [0.05, 0.1) is 12.1 Å². The first-order valence-electron chi connectivity index (χ1n) is 6.70. The maximum Gasteiger partial charge on any atom is 0.240 e. The number of ether oxygens (including phenoxy) is 1. The molecule has 4 nitrogen and oxygen atoms in total. The van der Waals surface area contributed by atoms with Gasteiger partial charge >= 0.3 is 0 Å². The lowest BCUT2D eigenvalue weighted by Crippen LogP contribution is -2.53. The second-order valence-electron chi connectivity index (χ2n) is 5.46. The molecule has 0 spiro atoms. The highest BCUT2D eigenvalue weighted by atomic mass is 16.5. The van der Waals surface area contributed by atoms with E-state index in [2.05, 4.69) is 19.2 Å². The fourth-order valence-electron chi connectivity index (χ4n) is 3.01. The van der Waals surface area contributed by atoms with E-state index in [1.54, 1.807) is 7.11 Å². The molecule has 0 aromatic carbocycles. The van der Waals surface area contributed by atoms with Gasteiger partial charge in [0.25, 0.3) is 0 Å². The Morgan fingerprint density at radius 3 is 2.65 bits per heavy atom. The lowest BCUT2D eigenvalue weighted by molar-refractivity contribution is -0.139. The molecule has 1 amide bonds. The largest absolute Gasteiger partial charge is 0.381 e. The molecule has 4 unspecified atom stereocenters. The Bertz CT molecular complexity index is 283. The molecule has 2 rings (SSSR count). The molecule has 0 bridgehead atoms. The van der Waals surface area contributed by atoms with Crippen LogP contribution in [0.2, 0.25) is 0 Å². The minimum atomic E-state index is 0.0385. The van der Waals surface area contributed by atoms with Crippen molar-refractivity contribution in [3.8, 4) is 0 Å². The number of amides is 1. The predicted molar refractivity (Wildman–Crippen MR) is 66.8 cm³/mol. The topological polar surface area (TPSA) is 41.6 Å². The van der Waals surface area contributed by atoms with E-state index in [-0.39, 0.29) is 11.9 Å². The van der Waals surface area contributed by atoms with Gasteiger partial charge in [-0.2, -0.15) is 0 Å². The predicted octanol–water partition coefficient (Wildman–Crippen LogP) is 1.01. The first-order chi connectivity index (χ1) is 8.13. The summed E-state index contributed by atoms with van der Waals surface area (Å²) in [6.45, 7) is 6.10. The number of nitrogens with zero attached hydrogens (tertiary/aromatic N) is 1. The Morgan fingerprint density at radius 2 is 2.12 bits per heavy atom. The molecule has 0 saturated carbocycles. The smallest absolute Gasteiger partial charge is 0.240 e. The normalized spacial score (nSPS) is 38.4. The van der Waals surface area contributed by atoms with Crippen LogP contribution in [0.3, 0.4) is 0 Å². The number of hydrogen-bond acceptors (Lipinski definition) is 3. The molecule has 4 atom stereocenters. The second-order valence-corrected chi connectivity index (χ2v) is 5.46. The lowest BCUT2D eigenvalue weighted by atomic mass is 9.96. The van der Waals surface area contributed by atoms with Crippen molar-refractivity contribution in [3.63, 3.8) is 0 Å². The maximum atomic E-state index is 12.4. The van der Waals surface area contributed by atoms with Crippen molar-refractivity contribution in [2.75, 3.05) is 20.2 Å². The maximum absolute atomic E-state index is 12.4. The fourth-order valence-corrected chi connectivity index (χ4v) is 3.01. The van der Waals surface area contributed by atoms with Crippen LogP contribution in [0, 0.1) is 5.92 Å². The summed E-state index contributed by atoms with van der Waals surface area (Å²) in [5.74, 6) is 0.756. The van der Waals surface area contributed by atoms with E-state index < -0.39 is 0 Å². The highest BCUT2D eigenvalue weighted by Gasteiger charge is 2.36. The van der Waals surface area contributed by atoms with Crippen molar-refractivity contribution in [3.05, 3.63) is 0 Å². The van der Waals surface area contributed by atoms with Crippen LogP contribution in [0.1, 0.15) is 33.1 Å². The summed E-state index contributed by atoms with van der Waals surface area (Å²) in [5.41, 5.74) is 0. The van der Waals surface area contributed by atoms with Gasteiger partial charge in [-0.15, -0.1) is 0 Å². The summed E-state index contributed by atoms with van der Waals surface area (Å²) in [6, 6.07) is 0.340. The van der Waals surface area contributed by atoms with Crippen molar-refractivity contribution in [2.45, 2.75) is 51.3 Å². The molecular weight excluding hydrogens is 216 g/mol. The van der Waals surface area contributed by atoms with E-state index in [0.29, 0.717) is 18.1 Å². The van der Waals surface area contributed by atoms with Crippen LogP contribution in [0.5, 0.6) is 0 Å². The van der Waals surface area contributed by atoms with Gasteiger partial charge in [0.15, 0.2) is 0 Å². The van der Waals surface area contributed by atoms with Crippen LogP contribution in [0.4, 0.5) is 0 Å². The van der Waals surface area contributed by atoms with E-state index in [1.165, 1.54) is 0 Å². The zero-order valence-electron chi connectivity index (χ0n) is 11.1. The third-order valence-corrected chi connectivity index (χ3v) is 4.24. The van der Waals surface area contributed by atoms with Gasteiger partial charge < -0.3 is 15.0 Å². The van der Waals surface area contributed by atoms with Gasteiger partial charge in [-0.1, -0.05) is 6.92 Å². The third-order valence-electron chi connectivity index (χ3n) is 4.24. The Hall–Kier alpha value is -0.610. The lowest BCUT2D eigenvalue weighted by Gasteiger charge is -2.39. The van der Waals surface area contributed by atoms with Crippen molar-refractivity contribution in [1.82, 2.24) is 10.2 Å². The average Bonchev–Trinajstić information content (AvgIpc) is 2.74. The van der Waals surface area contributed by atoms with E-state index >= 15 is 0 Å². The Labute approximate surface area is 104 Å². The van der Waals surface area contributed by atoms with Crippen LogP contribution in [0.15, 0.2) is 0 Å². The number of likely N-dealkylation sites (tertiary alicyclic amines) is 1. The molecule has 98 valence electrons. The van der Waals surface area contributed by atoms with E-state index in [9.17, 15) is 4.79 Å². The Balaban J connectivity index is 1.96. The summed E-state index contributed by atoms with van der Waals surface area (Å²) >= 11 is 0. The van der Waals surface area contributed by atoms with Crippen LogP contribution >= 0.6 is 0 Å². The number of piperidine rings is 1. The number of carbonyl (C=O) groups is 1. The molecule has 1 N–H and O–H groups in total. The zero-order chi connectivity index (χ0) is 12.4. The fraction of sp³-hybridized carbons (Fsp3) is 0.923. The Morgan fingerprint density at radius 1 is 1.35 bits per heavy atom. The molecule has 0 aromatic heterocycles. The SMILES string of the molecule is COC1CCN(C(=O)C2NCCC2C)C(C)C1.